The van der Waals surface area contributed by atoms with Crippen LogP contribution in [0.4, 0.5) is 0 Å². The molecule has 21 heavy (non-hydrogen) atoms. The van der Waals surface area contributed by atoms with Crippen molar-refractivity contribution in [3.05, 3.63) is 29.8 Å². The summed E-state index contributed by atoms with van der Waals surface area (Å²) in [5.41, 5.74) is 0.984. The molecule has 1 rings (SSSR count). The molecule has 118 valence electrons. The maximum absolute atomic E-state index is 11.7. The van der Waals surface area contributed by atoms with Crippen molar-refractivity contribution in [2.75, 3.05) is 26.9 Å². The third kappa shape index (κ3) is 6.60. The maximum atomic E-state index is 11.7. The highest BCUT2D eigenvalue weighted by molar-refractivity contribution is 5.75. The zero-order valence-corrected chi connectivity index (χ0v) is 12.7. The highest BCUT2D eigenvalue weighted by Gasteiger charge is 2.19. The molecule has 0 radical (unpaired) electrons. The lowest BCUT2D eigenvalue weighted by atomic mass is 10.1. The molecule has 1 atom stereocenters. The molecule has 5 heteroatoms. The van der Waals surface area contributed by atoms with Gasteiger partial charge < -0.3 is 19.3 Å². The van der Waals surface area contributed by atoms with Gasteiger partial charge in [0.1, 0.15) is 5.75 Å². The number of carbonyl (C=O) groups is 1. The standard InChI is InChI=1S/C16H24O5/c1-3-20-16(18)15(19-2)12-13-6-8-14(9-7-13)21-11-5-4-10-17/h6-9,15,17H,3-5,10-12H2,1-2H3/t15-/m0/s1. The molecule has 0 heterocycles. The Hall–Kier alpha value is -1.59. The van der Waals surface area contributed by atoms with E-state index >= 15 is 0 Å². The number of methoxy groups -OCH3 is 1. The van der Waals surface area contributed by atoms with Gasteiger partial charge in [-0.3, -0.25) is 0 Å². The van der Waals surface area contributed by atoms with Crippen LogP contribution < -0.4 is 4.74 Å². The van der Waals surface area contributed by atoms with Gasteiger partial charge in [-0.1, -0.05) is 12.1 Å². The van der Waals surface area contributed by atoms with Gasteiger partial charge in [-0.15, -0.1) is 0 Å². The highest BCUT2D eigenvalue weighted by Crippen LogP contribution is 2.15. The Kier molecular flexibility index (Phi) is 8.47. The molecule has 0 unspecified atom stereocenters. The normalized spacial score (nSPS) is 12.0. The van der Waals surface area contributed by atoms with Crippen molar-refractivity contribution in [3.63, 3.8) is 0 Å². The number of hydrogen-bond acceptors (Lipinski definition) is 5. The fourth-order valence-electron chi connectivity index (χ4n) is 1.84. The predicted molar refractivity (Wildman–Crippen MR) is 79.4 cm³/mol. The summed E-state index contributed by atoms with van der Waals surface area (Å²) in [6, 6.07) is 7.55. The van der Waals surface area contributed by atoms with Gasteiger partial charge in [-0.05, 0) is 37.5 Å². The van der Waals surface area contributed by atoms with Crippen LogP contribution >= 0.6 is 0 Å². The van der Waals surface area contributed by atoms with Gasteiger partial charge in [0.15, 0.2) is 6.10 Å². The van der Waals surface area contributed by atoms with Gasteiger partial charge in [0.25, 0.3) is 0 Å². The van der Waals surface area contributed by atoms with E-state index in [2.05, 4.69) is 0 Å². The average Bonchev–Trinajstić information content (AvgIpc) is 2.50. The number of aliphatic hydroxyl groups is 1. The molecule has 0 saturated heterocycles. The predicted octanol–water partition coefficient (Wildman–Crippen LogP) is 1.96. The lowest BCUT2D eigenvalue weighted by Gasteiger charge is -2.14. The summed E-state index contributed by atoms with van der Waals surface area (Å²) in [4.78, 5) is 11.7. The first-order chi connectivity index (χ1) is 10.2. The third-order valence-electron chi connectivity index (χ3n) is 3.00. The summed E-state index contributed by atoms with van der Waals surface area (Å²) in [5.74, 6) is 0.436. The minimum Gasteiger partial charge on any atom is -0.494 e. The van der Waals surface area contributed by atoms with Gasteiger partial charge in [0, 0.05) is 20.1 Å². The Morgan fingerprint density at radius 1 is 1.24 bits per heavy atom. The smallest absolute Gasteiger partial charge is 0.335 e. The first kappa shape index (κ1) is 17.5. The highest BCUT2D eigenvalue weighted by atomic mass is 16.6. The van der Waals surface area contributed by atoms with E-state index in [0.717, 1.165) is 24.2 Å². The van der Waals surface area contributed by atoms with Crippen molar-refractivity contribution in [1.82, 2.24) is 0 Å². The number of unbranched alkanes of at least 4 members (excludes halogenated alkanes) is 1. The van der Waals surface area contributed by atoms with Crippen LogP contribution in [0.15, 0.2) is 24.3 Å². The molecule has 0 aliphatic carbocycles. The lowest BCUT2D eigenvalue weighted by molar-refractivity contribution is -0.154. The van der Waals surface area contributed by atoms with Crippen LogP contribution in [0.5, 0.6) is 5.75 Å². The summed E-state index contributed by atoms with van der Waals surface area (Å²) in [6.45, 7) is 2.89. The van der Waals surface area contributed by atoms with Crippen molar-refractivity contribution in [2.24, 2.45) is 0 Å². The molecule has 0 bridgehead atoms. The molecular weight excluding hydrogens is 272 g/mol. The number of rotatable bonds is 10. The average molecular weight is 296 g/mol. The molecule has 0 aromatic heterocycles. The van der Waals surface area contributed by atoms with Crippen LogP contribution in [0.3, 0.4) is 0 Å². The molecule has 1 N–H and O–H groups in total. The zero-order valence-electron chi connectivity index (χ0n) is 12.7. The molecule has 1 aromatic rings. The van der Waals surface area contributed by atoms with Crippen molar-refractivity contribution in [1.29, 1.82) is 0 Å². The van der Waals surface area contributed by atoms with Crippen molar-refractivity contribution < 1.29 is 24.1 Å². The quantitative estimate of drug-likeness (QED) is 0.528. The number of ether oxygens (including phenoxy) is 3. The summed E-state index contributed by atoms with van der Waals surface area (Å²) in [5, 5.41) is 8.68. The van der Waals surface area contributed by atoms with Gasteiger partial charge in [-0.2, -0.15) is 0 Å². The number of esters is 1. The summed E-state index contributed by atoms with van der Waals surface area (Å²) < 4.78 is 15.7. The van der Waals surface area contributed by atoms with E-state index in [1.165, 1.54) is 7.11 Å². The van der Waals surface area contributed by atoms with Gasteiger partial charge in [0.2, 0.25) is 0 Å². The van der Waals surface area contributed by atoms with E-state index < -0.39 is 6.10 Å². The molecule has 0 fully saturated rings. The minimum absolute atomic E-state index is 0.189. The molecular formula is C16H24O5. The van der Waals surface area contributed by atoms with Gasteiger partial charge >= 0.3 is 5.97 Å². The first-order valence-electron chi connectivity index (χ1n) is 7.23. The van der Waals surface area contributed by atoms with Gasteiger partial charge in [0.05, 0.1) is 13.2 Å². The first-order valence-corrected chi connectivity index (χ1v) is 7.23. The van der Waals surface area contributed by atoms with Crippen LogP contribution in [0.2, 0.25) is 0 Å². The molecule has 0 aliphatic heterocycles. The Bertz CT molecular complexity index is 402. The Balaban J connectivity index is 2.47. The van der Waals surface area contributed by atoms with Crippen molar-refractivity contribution in [2.45, 2.75) is 32.3 Å². The monoisotopic (exact) mass is 296 g/mol. The Morgan fingerprint density at radius 2 is 1.95 bits per heavy atom. The summed E-state index contributed by atoms with van der Waals surface area (Å²) in [6.07, 6.45) is 1.46. The second kappa shape index (κ2) is 10.2. The van der Waals surface area contributed by atoms with Crippen molar-refractivity contribution in [3.8, 4) is 5.75 Å². The van der Waals surface area contributed by atoms with E-state index in [-0.39, 0.29) is 12.6 Å². The Labute approximate surface area is 125 Å². The van der Waals surface area contributed by atoms with E-state index in [1.807, 2.05) is 24.3 Å². The number of hydrogen-bond donors (Lipinski definition) is 1. The molecule has 0 saturated carbocycles. The fraction of sp³-hybridized carbons (Fsp3) is 0.562. The second-order valence-corrected chi connectivity index (χ2v) is 4.60. The van der Waals surface area contributed by atoms with Crippen LogP contribution in [0.25, 0.3) is 0 Å². The molecule has 0 aliphatic rings. The summed E-state index contributed by atoms with van der Waals surface area (Å²) >= 11 is 0. The summed E-state index contributed by atoms with van der Waals surface area (Å²) in [7, 11) is 1.50. The van der Waals surface area contributed by atoms with E-state index in [9.17, 15) is 4.79 Å². The second-order valence-electron chi connectivity index (χ2n) is 4.60. The third-order valence-corrected chi connectivity index (χ3v) is 3.00. The van der Waals surface area contributed by atoms with E-state index in [1.54, 1.807) is 6.92 Å². The Morgan fingerprint density at radius 3 is 2.52 bits per heavy atom. The van der Waals surface area contributed by atoms with Crippen LogP contribution in [-0.2, 0) is 20.7 Å². The van der Waals surface area contributed by atoms with Crippen LogP contribution in [0.1, 0.15) is 25.3 Å². The van der Waals surface area contributed by atoms with Crippen LogP contribution in [0, 0.1) is 0 Å². The molecule has 1 aromatic carbocycles. The maximum Gasteiger partial charge on any atom is 0.335 e. The SMILES string of the molecule is CCOC(=O)[C@H](Cc1ccc(OCCCCO)cc1)OC. The minimum atomic E-state index is -0.582. The largest absolute Gasteiger partial charge is 0.494 e. The van der Waals surface area contributed by atoms with Gasteiger partial charge in [-0.25, -0.2) is 4.79 Å². The van der Waals surface area contributed by atoms with Crippen LogP contribution in [-0.4, -0.2) is 44.1 Å². The fourth-order valence-corrected chi connectivity index (χ4v) is 1.84. The number of carbonyl (C=O) groups excluding carboxylic acids is 1. The topological polar surface area (TPSA) is 65.0 Å². The number of aliphatic hydroxyl groups excluding tert-OH is 1. The molecule has 0 amide bonds. The zero-order chi connectivity index (χ0) is 15.5. The van der Waals surface area contributed by atoms with E-state index in [0.29, 0.717) is 19.6 Å². The lowest BCUT2D eigenvalue weighted by Crippen LogP contribution is -2.27. The van der Waals surface area contributed by atoms with Crippen molar-refractivity contribution >= 4 is 5.97 Å². The van der Waals surface area contributed by atoms with E-state index in [4.69, 9.17) is 19.3 Å². The molecule has 5 nitrogen and oxygen atoms in total. The molecule has 0 spiro atoms. The number of benzene rings is 1.